The predicted molar refractivity (Wildman–Crippen MR) is 46.4 cm³/mol. The molecule has 0 amide bonds. The van der Waals surface area contributed by atoms with Gasteiger partial charge < -0.3 is 21.7 Å². The maximum absolute atomic E-state index is 9.47. The second-order valence-electron chi connectivity index (χ2n) is 3.59. The van der Waals surface area contributed by atoms with E-state index in [9.17, 15) is 10.2 Å². The third kappa shape index (κ3) is 2.17. The zero-order chi connectivity index (χ0) is 9.14. The summed E-state index contributed by atoms with van der Waals surface area (Å²) in [5, 5.41) is 18.9. The molecule has 0 saturated heterocycles. The molecule has 1 rings (SSSR count). The maximum atomic E-state index is 9.47. The van der Waals surface area contributed by atoms with Gasteiger partial charge in [0, 0.05) is 12.1 Å². The van der Waals surface area contributed by atoms with Gasteiger partial charge in [-0.2, -0.15) is 0 Å². The highest BCUT2D eigenvalue weighted by atomic mass is 16.3. The Bertz CT molecular complexity index is 127. The molecule has 4 heteroatoms. The van der Waals surface area contributed by atoms with E-state index in [1.54, 1.807) is 0 Å². The van der Waals surface area contributed by atoms with E-state index >= 15 is 0 Å². The van der Waals surface area contributed by atoms with Gasteiger partial charge in [-0.1, -0.05) is 12.8 Å². The average molecular weight is 174 g/mol. The lowest BCUT2D eigenvalue weighted by atomic mass is 9.90. The molecule has 72 valence electrons. The Morgan fingerprint density at radius 3 is 1.50 bits per heavy atom. The van der Waals surface area contributed by atoms with Crippen molar-refractivity contribution in [1.82, 2.24) is 0 Å². The van der Waals surface area contributed by atoms with E-state index in [1.165, 1.54) is 0 Å². The van der Waals surface area contributed by atoms with Crippen LogP contribution in [-0.4, -0.2) is 34.5 Å². The number of aliphatic hydroxyl groups is 2. The molecule has 0 bridgehead atoms. The molecule has 1 fully saturated rings. The quantitative estimate of drug-likeness (QED) is 0.376. The molecular weight excluding hydrogens is 156 g/mol. The van der Waals surface area contributed by atoms with Crippen LogP contribution in [0.25, 0.3) is 0 Å². The van der Waals surface area contributed by atoms with Crippen molar-refractivity contribution in [2.75, 3.05) is 0 Å². The molecule has 12 heavy (non-hydrogen) atoms. The van der Waals surface area contributed by atoms with Crippen LogP contribution in [0.15, 0.2) is 0 Å². The van der Waals surface area contributed by atoms with Crippen LogP contribution in [0.1, 0.15) is 25.7 Å². The molecule has 0 aromatic heterocycles. The van der Waals surface area contributed by atoms with E-state index in [0.717, 1.165) is 25.7 Å². The molecule has 0 heterocycles. The maximum Gasteiger partial charge on any atom is 0.0964 e. The minimum atomic E-state index is -0.861. The van der Waals surface area contributed by atoms with Crippen LogP contribution in [-0.2, 0) is 0 Å². The lowest BCUT2D eigenvalue weighted by Gasteiger charge is -2.30. The Hall–Kier alpha value is -0.160. The molecule has 0 aliphatic heterocycles. The lowest BCUT2D eigenvalue weighted by molar-refractivity contribution is -0.0181. The molecule has 1 aliphatic carbocycles. The van der Waals surface area contributed by atoms with E-state index in [-0.39, 0.29) is 12.1 Å². The Morgan fingerprint density at radius 2 is 1.17 bits per heavy atom. The monoisotopic (exact) mass is 174 g/mol. The van der Waals surface area contributed by atoms with E-state index in [1.807, 2.05) is 0 Å². The fraction of sp³-hybridized carbons (Fsp3) is 1.00. The Kier molecular flexibility index (Phi) is 3.46. The van der Waals surface area contributed by atoms with Gasteiger partial charge >= 0.3 is 0 Å². The molecule has 1 saturated carbocycles. The van der Waals surface area contributed by atoms with Crippen molar-refractivity contribution in [3.8, 4) is 0 Å². The summed E-state index contributed by atoms with van der Waals surface area (Å²) in [7, 11) is 0. The van der Waals surface area contributed by atoms with E-state index in [0.29, 0.717) is 0 Å². The molecule has 6 N–H and O–H groups in total. The number of rotatable bonds is 0. The molecule has 0 aromatic rings. The average Bonchev–Trinajstić information content (AvgIpc) is 2.07. The van der Waals surface area contributed by atoms with Crippen molar-refractivity contribution in [2.45, 2.75) is 50.0 Å². The Morgan fingerprint density at radius 1 is 0.833 bits per heavy atom. The van der Waals surface area contributed by atoms with E-state index in [2.05, 4.69) is 0 Å². The first-order valence-corrected chi connectivity index (χ1v) is 4.50. The van der Waals surface area contributed by atoms with Crippen LogP contribution in [0, 0.1) is 0 Å². The van der Waals surface area contributed by atoms with Crippen LogP contribution in [0.4, 0.5) is 0 Å². The number of hydrogen-bond donors (Lipinski definition) is 4. The minimum absolute atomic E-state index is 0.327. The van der Waals surface area contributed by atoms with Crippen molar-refractivity contribution in [1.29, 1.82) is 0 Å². The predicted octanol–water partition coefficient (Wildman–Crippen LogP) is -1.06. The molecule has 0 radical (unpaired) electrons. The number of nitrogens with two attached hydrogens (primary N) is 2. The highest BCUT2D eigenvalue weighted by molar-refractivity contribution is 4.87. The second kappa shape index (κ2) is 4.18. The fourth-order valence-corrected chi connectivity index (χ4v) is 1.61. The standard InChI is InChI=1S/C8H18N2O2/c9-5-3-1-2-4-6(10)8(12)7(5)11/h5-8,11-12H,1-4,9-10H2/t5-,6+,7+,8-. The number of aliphatic hydroxyl groups excluding tert-OH is 2. The summed E-state index contributed by atoms with van der Waals surface area (Å²) in [5.41, 5.74) is 11.3. The topological polar surface area (TPSA) is 92.5 Å². The molecule has 0 aromatic carbocycles. The summed E-state index contributed by atoms with van der Waals surface area (Å²) < 4.78 is 0. The first-order valence-electron chi connectivity index (χ1n) is 4.50. The molecular formula is C8H18N2O2. The third-order valence-corrected chi connectivity index (χ3v) is 2.55. The van der Waals surface area contributed by atoms with Crippen molar-refractivity contribution < 1.29 is 10.2 Å². The molecule has 0 spiro atoms. The Balaban J connectivity index is 2.55. The van der Waals surface area contributed by atoms with Crippen LogP contribution < -0.4 is 11.5 Å². The van der Waals surface area contributed by atoms with Crippen LogP contribution in [0.2, 0.25) is 0 Å². The minimum Gasteiger partial charge on any atom is -0.389 e. The van der Waals surface area contributed by atoms with E-state index < -0.39 is 12.2 Å². The Labute approximate surface area is 72.6 Å². The van der Waals surface area contributed by atoms with E-state index in [4.69, 9.17) is 11.5 Å². The van der Waals surface area contributed by atoms with Crippen molar-refractivity contribution >= 4 is 0 Å². The third-order valence-electron chi connectivity index (χ3n) is 2.55. The molecule has 4 nitrogen and oxygen atoms in total. The van der Waals surface area contributed by atoms with Gasteiger partial charge in [0.15, 0.2) is 0 Å². The van der Waals surface area contributed by atoms with Gasteiger partial charge in [-0.3, -0.25) is 0 Å². The normalized spacial score (nSPS) is 45.0. The molecule has 1 aliphatic rings. The van der Waals surface area contributed by atoms with Gasteiger partial charge in [0.1, 0.15) is 0 Å². The summed E-state index contributed by atoms with van der Waals surface area (Å²) in [4.78, 5) is 0. The first-order chi connectivity index (χ1) is 5.63. The van der Waals surface area contributed by atoms with Gasteiger partial charge in [0.25, 0.3) is 0 Å². The second-order valence-corrected chi connectivity index (χ2v) is 3.59. The van der Waals surface area contributed by atoms with Crippen molar-refractivity contribution in [3.63, 3.8) is 0 Å². The highest BCUT2D eigenvalue weighted by Crippen LogP contribution is 2.16. The van der Waals surface area contributed by atoms with Gasteiger partial charge in [0.2, 0.25) is 0 Å². The summed E-state index contributed by atoms with van der Waals surface area (Å²) in [6, 6.07) is -0.655. The van der Waals surface area contributed by atoms with Crippen LogP contribution in [0.5, 0.6) is 0 Å². The molecule has 4 atom stereocenters. The van der Waals surface area contributed by atoms with Gasteiger partial charge in [-0.05, 0) is 12.8 Å². The summed E-state index contributed by atoms with van der Waals surface area (Å²) in [6.07, 6.45) is 1.79. The smallest absolute Gasteiger partial charge is 0.0964 e. The fourth-order valence-electron chi connectivity index (χ4n) is 1.61. The highest BCUT2D eigenvalue weighted by Gasteiger charge is 2.29. The largest absolute Gasteiger partial charge is 0.389 e. The van der Waals surface area contributed by atoms with Crippen LogP contribution in [0.3, 0.4) is 0 Å². The summed E-state index contributed by atoms with van der Waals surface area (Å²) in [6.45, 7) is 0. The summed E-state index contributed by atoms with van der Waals surface area (Å²) >= 11 is 0. The summed E-state index contributed by atoms with van der Waals surface area (Å²) in [5.74, 6) is 0. The first kappa shape index (κ1) is 9.92. The zero-order valence-corrected chi connectivity index (χ0v) is 7.19. The van der Waals surface area contributed by atoms with Crippen LogP contribution >= 0.6 is 0 Å². The zero-order valence-electron chi connectivity index (χ0n) is 7.19. The lowest BCUT2D eigenvalue weighted by Crippen LogP contribution is -2.52. The van der Waals surface area contributed by atoms with Crippen molar-refractivity contribution in [3.05, 3.63) is 0 Å². The van der Waals surface area contributed by atoms with Crippen molar-refractivity contribution in [2.24, 2.45) is 11.5 Å². The SMILES string of the molecule is N[C@@H]1CCCC[C@H](N)[C@@H](O)[C@H]1O. The van der Waals surface area contributed by atoms with Gasteiger partial charge in [-0.15, -0.1) is 0 Å². The molecule has 0 unspecified atom stereocenters. The van der Waals surface area contributed by atoms with Gasteiger partial charge in [0.05, 0.1) is 12.2 Å². The number of hydrogen-bond acceptors (Lipinski definition) is 4. The van der Waals surface area contributed by atoms with Gasteiger partial charge in [-0.25, -0.2) is 0 Å².